The van der Waals surface area contributed by atoms with Crippen molar-refractivity contribution in [3.63, 3.8) is 0 Å². The fourth-order valence-corrected chi connectivity index (χ4v) is 7.93. The summed E-state index contributed by atoms with van der Waals surface area (Å²) in [6, 6.07) is 0. The largest absolute Gasteiger partial charge is 0.471 e. The third-order valence-corrected chi connectivity index (χ3v) is 18.1. The van der Waals surface area contributed by atoms with E-state index in [9.17, 15) is 36.0 Å². The molecule has 2 aliphatic heterocycles. The quantitative estimate of drug-likeness (QED) is 0.322. The standard InChI is InChI=1S/C26H42F3N3O9SSi2/c1-15(2)43(8,9)38-13-18-25(17(14-42(36,37)41-25)30-22(34)26(27,28)29)19(40-44(10,11)24(4,5)6)21(39-18)32-12-16(3)20(33)31(7)23(32)35/h12,14-15,18-19,21H,13H2,1-11H3,(H,30,34)/t18-,19+,21-,25-/m1/s1. The highest BCUT2D eigenvalue weighted by Gasteiger charge is 2.68. The molecule has 0 saturated carbocycles. The number of amides is 1. The summed E-state index contributed by atoms with van der Waals surface area (Å²) in [4.78, 5) is 38.3. The number of halogens is 3. The first-order chi connectivity index (χ1) is 19.7. The molecule has 0 unspecified atom stereocenters. The van der Waals surface area contributed by atoms with Crippen molar-refractivity contribution < 1.29 is 44.2 Å². The van der Waals surface area contributed by atoms with Crippen LogP contribution >= 0.6 is 0 Å². The molecule has 1 fully saturated rings. The average Bonchev–Trinajstić information content (AvgIpc) is 3.29. The van der Waals surface area contributed by atoms with E-state index in [1.807, 2.05) is 60.8 Å². The van der Waals surface area contributed by atoms with Crippen LogP contribution in [0.4, 0.5) is 13.2 Å². The van der Waals surface area contributed by atoms with Crippen LogP contribution in [-0.2, 0) is 39.7 Å². The van der Waals surface area contributed by atoms with Gasteiger partial charge >= 0.3 is 17.8 Å². The molecular weight excluding hydrogens is 644 g/mol. The van der Waals surface area contributed by atoms with Gasteiger partial charge in [-0.25, -0.2) is 8.98 Å². The number of ether oxygens (including phenoxy) is 1. The van der Waals surface area contributed by atoms with E-state index in [0.717, 1.165) is 9.13 Å². The van der Waals surface area contributed by atoms with E-state index in [0.29, 0.717) is 5.41 Å². The number of nitrogens with one attached hydrogen (secondary N) is 1. The SMILES string of the molecule is Cc1cn([C@@H]2O[C@H](CO[Si](C)(C)C(C)C)[C@@]3(OS(=O)(=O)C=C3NC(=O)C(F)(F)F)[C@H]2O[Si](C)(C)C(C)(C)C)c(=O)n(C)c1=O. The van der Waals surface area contributed by atoms with Gasteiger partial charge in [-0.2, -0.15) is 21.6 Å². The van der Waals surface area contributed by atoms with E-state index in [1.54, 1.807) is 5.32 Å². The van der Waals surface area contributed by atoms with Gasteiger partial charge in [-0.15, -0.1) is 0 Å². The molecule has 1 saturated heterocycles. The highest BCUT2D eigenvalue weighted by molar-refractivity contribution is 7.90. The summed E-state index contributed by atoms with van der Waals surface area (Å²) in [5.74, 6) is -2.44. The van der Waals surface area contributed by atoms with Gasteiger partial charge in [0.15, 0.2) is 28.5 Å². The van der Waals surface area contributed by atoms with Gasteiger partial charge in [0.1, 0.15) is 12.2 Å². The zero-order chi connectivity index (χ0) is 34.0. The average molecular weight is 686 g/mol. The van der Waals surface area contributed by atoms with E-state index in [-0.39, 0.29) is 17.7 Å². The molecule has 4 atom stereocenters. The van der Waals surface area contributed by atoms with Crippen LogP contribution in [0.25, 0.3) is 0 Å². The van der Waals surface area contributed by atoms with Crippen LogP contribution in [0.2, 0.25) is 36.8 Å². The van der Waals surface area contributed by atoms with Gasteiger partial charge in [-0.3, -0.25) is 18.7 Å². The summed E-state index contributed by atoms with van der Waals surface area (Å²) in [6.45, 7) is 18.0. The number of nitrogens with zero attached hydrogens (tertiary/aromatic N) is 2. The lowest BCUT2D eigenvalue weighted by atomic mass is 9.89. The van der Waals surface area contributed by atoms with Crippen molar-refractivity contribution in [2.75, 3.05) is 6.61 Å². The van der Waals surface area contributed by atoms with Gasteiger partial charge in [0, 0.05) is 18.8 Å². The summed E-state index contributed by atoms with van der Waals surface area (Å²) in [5, 5.41) is 1.56. The van der Waals surface area contributed by atoms with Crippen LogP contribution < -0.4 is 16.6 Å². The molecule has 0 radical (unpaired) electrons. The summed E-state index contributed by atoms with van der Waals surface area (Å²) in [6.07, 6.45) is -8.78. The fraction of sp³-hybridized carbons (Fsp3) is 0.731. The molecule has 1 aromatic rings. The van der Waals surface area contributed by atoms with Crippen LogP contribution in [0.15, 0.2) is 26.9 Å². The van der Waals surface area contributed by atoms with Crippen LogP contribution in [0.1, 0.15) is 46.4 Å². The van der Waals surface area contributed by atoms with Crippen LogP contribution in [-0.4, -0.2) is 70.7 Å². The maximum absolute atomic E-state index is 13.5. The highest BCUT2D eigenvalue weighted by atomic mass is 32.2. The number of carbonyl (C=O) groups is 1. The number of hydrogen-bond acceptors (Lipinski definition) is 9. The monoisotopic (exact) mass is 685 g/mol. The van der Waals surface area contributed by atoms with Gasteiger partial charge in [0.05, 0.1) is 17.7 Å². The minimum atomic E-state index is -5.38. The molecule has 0 aliphatic carbocycles. The lowest BCUT2D eigenvalue weighted by Gasteiger charge is -2.44. The van der Waals surface area contributed by atoms with Crippen LogP contribution in [0.3, 0.4) is 0 Å². The van der Waals surface area contributed by atoms with Crippen molar-refractivity contribution in [3.05, 3.63) is 43.7 Å². The van der Waals surface area contributed by atoms with E-state index in [1.165, 1.54) is 20.2 Å². The molecule has 3 heterocycles. The minimum Gasteiger partial charge on any atom is -0.414 e. The Morgan fingerprint density at radius 1 is 1.16 bits per heavy atom. The number of alkyl halides is 3. The third-order valence-electron chi connectivity index (χ3n) is 8.89. The Morgan fingerprint density at radius 2 is 1.73 bits per heavy atom. The van der Waals surface area contributed by atoms with E-state index >= 15 is 0 Å². The Morgan fingerprint density at radius 3 is 2.23 bits per heavy atom. The summed E-state index contributed by atoms with van der Waals surface area (Å²) >= 11 is 0. The number of rotatable bonds is 8. The van der Waals surface area contributed by atoms with Gasteiger partial charge in [0.2, 0.25) is 0 Å². The van der Waals surface area contributed by atoms with Crippen molar-refractivity contribution in [2.24, 2.45) is 7.05 Å². The molecule has 18 heteroatoms. The van der Waals surface area contributed by atoms with E-state index in [2.05, 4.69) is 0 Å². The van der Waals surface area contributed by atoms with Crippen molar-refractivity contribution in [1.29, 1.82) is 0 Å². The highest BCUT2D eigenvalue weighted by Crippen LogP contribution is 2.52. The first-order valence-corrected chi connectivity index (χ1v) is 21.4. The van der Waals surface area contributed by atoms with Crippen LogP contribution in [0.5, 0.6) is 0 Å². The smallest absolute Gasteiger partial charge is 0.414 e. The Labute approximate surface area is 256 Å². The maximum Gasteiger partial charge on any atom is 0.471 e. The second kappa shape index (κ2) is 11.6. The van der Waals surface area contributed by atoms with Crippen LogP contribution in [0, 0.1) is 6.92 Å². The molecule has 1 aromatic heterocycles. The van der Waals surface area contributed by atoms with Gasteiger partial charge in [0.25, 0.3) is 15.7 Å². The minimum absolute atomic E-state index is 0.0667. The van der Waals surface area contributed by atoms with Gasteiger partial charge in [-0.1, -0.05) is 34.6 Å². The second-order valence-corrected chi connectivity index (χ2v) is 24.4. The predicted molar refractivity (Wildman–Crippen MR) is 160 cm³/mol. The lowest BCUT2D eigenvalue weighted by Crippen LogP contribution is -2.60. The number of aryl methyl sites for hydroxylation is 1. The lowest BCUT2D eigenvalue weighted by molar-refractivity contribution is -0.173. The molecule has 0 bridgehead atoms. The predicted octanol–water partition coefficient (Wildman–Crippen LogP) is 3.39. The number of hydrogen-bond donors (Lipinski definition) is 1. The van der Waals surface area contributed by atoms with Crippen molar-refractivity contribution >= 4 is 32.7 Å². The zero-order valence-electron chi connectivity index (χ0n) is 26.8. The number of carbonyl (C=O) groups excluding carboxylic acids is 1. The van der Waals surface area contributed by atoms with Crippen molar-refractivity contribution in [2.45, 2.75) is 109 Å². The topological polar surface area (TPSA) is 144 Å². The summed E-state index contributed by atoms with van der Waals surface area (Å²) in [5.41, 5.74) is -4.43. The van der Waals surface area contributed by atoms with E-state index in [4.69, 9.17) is 17.8 Å². The third kappa shape index (κ3) is 6.71. The molecule has 0 aromatic carbocycles. The normalized spacial score (nSPS) is 26.0. The zero-order valence-corrected chi connectivity index (χ0v) is 29.6. The van der Waals surface area contributed by atoms with Gasteiger partial charge in [-0.05, 0) is 43.7 Å². The molecule has 2 aliphatic rings. The molecule has 3 rings (SSSR count). The maximum atomic E-state index is 13.5. The first kappa shape index (κ1) is 36.4. The summed E-state index contributed by atoms with van der Waals surface area (Å²) < 4.78 is 93.5. The van der Waals surface area contributed by atoms with Crippen molar-refractivity contribution in [3.8, 4) is 0 Å². The number of aromatic nitrogens is 2. The molecule has 1 N–H and O–H groups in total. The molecule has 12 nitrogen and oxygen atoms in total. The summed E-state index contributed by atoms with van der Waals surface area (Å²) in [7, 11) is -8.95. The van der Waals surface area contributed by atoms with Gasteiger partial charge < -0.3 is 18.9 Å². The van der Waals surface area contributed by atoms with E-state index < -0.39 is 84.9 Å². The fourth-order valence-electron chi connectivity index (χ4n) is 4.48. The van der Waals surface area contributed by atoms with Crippen molar-refractivity contribution in [1.82, 2.24) is 14.5 Å². The molecule has 44 heavy (non-hydrogen) atoms. The Hall–Kier alpha value is -2.10. The Balaban J connectivity index is 2.38. The molecule has 1 spiro atoms. The molecular formula is C26H42F3N3O9SSi2. The second-order valence-electron chi connectivity index (χ2n) is 13.6. The first-order valence-electron chi connectivity index (χ1n) is 14.0. The Bertz CT molecular complexity index is 1560. The molecule has 1 amide bonds. The molecule has 250 valence electrons. The Kier molecular flexibility index (Phi) is 9.60.